The van der Waals surface area contributed by atoms with Crippen molar-refractivity contribution in [2.45, 2.75) is 465 Å². The molecule has 4 fully saturated rings. The highest BCUT2D eigenvalue weighted by atomic mass is 32.3. The highest BCUT2D eigenvalue weighted by Crippen LogP contribution is 2.22. The van der Waals surface area contributed by atoms with E-state index < -0.39 is 10.4 Å². The Morgan fingerprint density at radius 3 is 0.407 bits per heavy atom. The van der Waals surface area contributed by atoms with Crippen LogP contribution >= 0.6 is 0 Å². The van der Waals surface area contributed by atoms with Gasteiger partial charge in [-0.1, -0.05) is 338 Å². The summed E-state index contributed by atoms with van der Waals surface area (Å²) in [5.74, 6) is 0. The van der Waals surface area contributed by atoms with Crippen molar-refractivity contribution >= 4 is 10.4 Å². The third kappa shape index (κ3) is 75.3. The van der Waals surface area contributed by atoms with E-state index in [-0.39, 0.29) is 24.4 Å². The van der Waals surface area contributed by atoms with Crippen molar-refractivity contribution in [1.29, 1.82) is 0 Å². The zero-order valence-electron chi connectivity index (χ0n) is 63.1. The van der Waals surface area contributed by atoms with Crippen molar-refractivity contribution in [3.63, 3.8) is 0 Å². The van der Waals surface area contributed by atoms with Gasteiger partial charge in [-0.15, -0.1) is 0 Å². The van der Waals surface area contributed by atoms with Crippen molar-refractivity contribution < 1.29 is 46.9 Å². The molecule has 91 heavy (non-hydrogen) atoms. The van der Waals surface area contributed by atoms with Gasteiger partial charge in [0.1, 0.15) is 0 Å². The molecule has 4 saturated carbocycles. The van der Waals surface area contributed by atoms with Gasteiger partial charge in [-0.25, -0.2) is 0 Å². The van der Waals surface area contributed by atoms with E-state index in [1.807, 2.05) is 0 Å². The molecule has 4 rings (SSSR count). The minimum absolute atomic E-state index is 0.000531. The van der Waals surface area contributed by atoms with Crippen LogP contribution in [0.2, 0.25) is 0 Å². The summed E-state index contributed by atoms with van der Waals surface area (Å²) in [6, 6.07) is 0. The fraction of sp³-hybridized carbons (Fsp3) is 1.00. The molecule has 0 amide bonds. The Bertz CT molecular complexity index is 1190. The number of rotatable bonds is 24. The van der Waals surface area contributed by atoms with Gasteiger partial charge in [0.05, 0.1) is 76.8 Å². The third-order valence-electron chi connectivity index (χ3n) is 20.2. The maximum atomic E-state index is 9.59. The van der Waals surface area contributed by atoms with Gasteiger partial charge in [0.25, 0.3) is 0 Å². The number of hydrogen-bond donors (Lipinski definition) is 4. The second-order valence-corrected chi connectivity index (χ2v) is 30.2. The lowest BCUT2D eigenvalue weighted by Gasteiger charge is -2.39. The molecule has 11 heteroatoms. The monoisotopic (exact) mass is 1320 g/mol. The zero-order chi connectivity index (χ0) is 67.9. The molecule has 0 atom stereocenters. The first-order chi connectivity index (χ1) is 44.1. The first kappa shape index (κ1) is 94.8. The first-order valence-corrected chi connectivity index (χ1v) is 42.5. The second kappa shape index (κ2) is 73.9. The number of unbranched alkanes of at least 4 members (excludes halogenated alkanes) is 8. The average Bonchev–Trinajstić information content (AvgIpc) is 3.11. The van der Waals surface area contributed by atoms with Crippen LogP contribution in [0, 0.1) is 0 Å². The molecule has 10 nitrogen and oxygen atoms in total. The van der Waals surface area contributed by atoms with Crippen LogP contribution in [0.1, 0.15) is 441 Å². The second-order valence-electron chi connectivity index (χ2n) is 29.4. The van der Waals surface area contributed by atoms with Crippen molar-refractivity contribution in [3.8, 4) is 0 Å². The quantitative estimate of drug-likeness (QED) is 0.0422. The normalized spacial score (nSPS) is 19.2. The van der Waals surface area contributed by atoms with Crippen molar-refractivity contribution in [3.05, 3.63) is 0 Å². The zero-order valence-corrected chi connectivity index (χ0v) is 63.9. The van der Waals surface area contributed by atoms with Gasteiger partial charge < -0.3 is 38.5 Å². The molecular formula is C80H168N2O8S. The van der Waals surface area contributed by atoms with E-state index in [9.17, 15) is 20.4 Å². The van der Waals surface area contributed by atoms with Crippen molar-refractivity contribution in [2.75, 3.05) is 52.4 Å². The summed E-state index contributed by atoms with van der Waals surface area (Å²) in [5, 5.41) is 38.4. The fourth-order valence-corrected chi connectivity index (χ4v) is 13.9. The first-order valence-electron chi connectivity index (χ1n) is 41.2. The van der Waals surface area contributed by atoms with Crippen LogP contribution in [0.3, 0.4) is 0 Å². The van der Waals surface area contributed by atoms with Gasteiger partial charge in [0.15, 0.2) is 0 Å². The van der Waals surface area contributed by atoms with E-state index in [4.69, 9.17) is 17.5 Å². The predicted molar refractivity (Wildman–Crippen MR) is 396 cm³/mol. The maximum absolute atomic E-state index is 9.59. The van der Waals surface area contributed by atoms with Gasteiger partial charge in [0.2, 0.25) is 0 Å². The maximum Gasteiger partial charge on any atom is 0.0786 e. The van der Waals surface area contributed by atoms with E-state index in [2.05, 4.69) is 55.4 Å². The minimum atomic E-state index is -5.17. The highest BCUT2D eigenvalue weighted by molar-refractivity contribution is 7.79. The van der Waals surface area contributed by atoms with Gasteiger partial charge >= 0.3 is 0 Å². The summed E-state index contributed by atoms with van der Waals surface area (Å²) in [6.45, 7) is 30.0. The lowest BCUT2D eigenvalue weighted by Crippen LogP contribution is -2.50. The van der Waals surface area contributed by atoms with E-state index in [1.54, 1.807) is 0 Å². The van der Waals surface area contributed by atoms with Crippen LogP contribution in [-0.4, -0.2) is 124 Å². The Morgan fingerprint density at radius 1 is 0.231 bits per heavy atom. The van der Waals surface area contributed by atoms with Crippen LogP contribution in [-0.2, 0) is 10.4 Å². The average molecular weight is 1320 g/mol. The van der Waals surface area contributed by atoms with Crippen LogP contribution in [0.4, 0.5) is 0 Å². The molecule has 4 aliphatic carbocycles. The number of aliphatic hydroxyl groups is 4. The van der Waals surface area contributed by atoms with Crippen LogP contribution in [0.5, 0.6) is 0 Å². The van der Waals surface area contributed by atoms with E-state index in [0.29, 0.717) is 0 Å². The predicted octanol–water partition coefficient (Wildman–Crippen LogP) is 23.3. The Labute approximate surface area is 571 Å². The third-order valence-corrected chi connectivity index (χ3v) is 20.2. The molecule has 552 valence electrons. The van der Waals surface area contributed by atoms with Crippen LogP contribution in [0.25, 0.3) is 0 Å². The summed E-state index contributed by atoms with van der Waals surface area (Å²) in [6.07, 6.45) is 79.1. The Hall–Kier alpha value is -0.370. The smallest absolute Gasteiger partial charge is 0.0786 e. The Kier molecular flexibility index (Phi) is 77.0. The number of nitrogens with zero attached hydrogens (tertiary/aromatic N) is 2. The molecule has 0 heterocycles. The van der Waals surface area contributed by atoms with Crippen LogP contribution < -0.4 is 0 Å². The highest BCUT2D eigenvalue weighted by Gasteiger charge is 2.26. The summed E-state index contributed by atoms with van der Waals surface area (Å²) >= 11 is 0. The number of hydrogen-bond acceptors (Lipinski definition) is 8. The van der Waals surface area contributed by atoms with Gasteiger partial charge in [-0.05, 0) is 103 Å². The topological polar surface area (TPSA) is 161 Å². The fourth-order valence-electron chi connectivity index (χ4n) is 13.9. The molecule has 0 unspecified atom stereocenters. The molecule has 0 aromatic rings. The summed E-state index contributed by atoms with van der Waals surface area (Å²) < 4.78 is 36.9. The molecule has 4 N–H and O–H groups in total. The molecule has 0 saturated heterocycles. The largest absolute Gasteiger partial charge is 0.759 e. The van der Waals surface area contributed by atoms with Crippen molar-refractivity contribution in [1.82, 2.24) is 0 Å². The van der Waals surface area contributed by atoms with Gasteiger partial charge in [0, 0.05) is 10.4 Å². The lowest BCUT2D eigenvalue weighted by atomic mass is 10.00. The Morgan fingerprint density at radius 2 is 0.319 bits per heavy atom. The molecular weight excluding hydrogens is 1150 g/mol. The standard InChI is InChI=1S/2C16H36N.4C12H24O.H2O4S/c2*1-5-9-13-17(14-10-6-2,15-11-7-3)16-12-8-4;4*13-12-10-8-6-4-2-1-3-5-7-9-11-12;1-5(2,3)4/h2*5-16H2,1-4H3;4*12-13H,1-11H2;(H2,1,2,3,4)/q2*+1;;;;;/p-2. The van der Waals surface area contributed by atoms with Crippen molar-refractivity contribution in [2.24, 2.45) is 0 Å². The van der Waals surface area contributed by atoms with Gasteiger partial charge in [-0.2, -0.15) is 0 Å². The van der Waals surface area contributed by atoms with Gasteiger partial charge in [-0.3, -0.25) is 8.42 Å². The van der Waals surface area contributed by atoms with E-state index in [1.165, 1.54) is 395 Å². The summed E-state index contributed by atoms with van der Waals surface area (Å²) in [4.78, 5) is 0. The Balaban J connectivity index is -0.00000101. The number of quaternary nitrogens is 2. The molecule has 4 aliphatic rings. The minimum Gasteiger partial charge on any atom is -0.759 e. The molecule has 0 aliphatic heterocycles. The number of aliphatic hydroxyl groups excluding tert-OH is 4. The molecule has 0 aromatic carbocycles. The molecule has 0 bridgehead atoms. The van der Waals surface area contributed by atoms with E-state index in [0.717, 1.165) is 51.4 Å². The lowest BCUT2D eigenvalue weighted by molar-refractivity contribution is -0.929. The van der Waals surface area contributed by atoms with E-state index >= 15 is 0 Å². The molecule has 0 aromatic heterocycles. The van der Waals surface area contributed by atoms with Crippen LogP contribution in [0.15, 0.2) is 0 Å². The SMILES string of the molecule is CCCC[N+](CCCC)(CCCC)CCCC.CCCC[N+](CCCC)(CCCC)CCCC.O=S(=O)([O-])[O-].OC1CCCCCCCCCCC1.OC1CCCCCCCCCCC1.OC1CCCCCCCCCCC1.OC1CCCCCCCCCCC1. The summed E-state index contributed by atoms with van der Waals surface area (Å²) in [5.41, 5.74) is 0. The summed E-state index contributed by atoms with van der Waals surface area (Å²) in [7, 11) is -5.17. The molecule has 0 spiro atoms. The molecule has 0 radical (unpaired) electrons.